The Hall–Kier alpha value is -2.26. The summed E-state index contributed by atoms with van der Waals surface area (Å²) in [5, 5.41) is 8.75. The molecule has 0 radical (unpaired) electrons. The second-order valence-corrected chi connectivity index (χ2v) is 9.82. The zero-order valence-electron chi connectivity index (χ0n) is 16.7. The monoisotopic (exact) mass is 406 g/mol. The van der Waals surface area contributed by atoms with Crippen molar-refractivity contribution in [2.45, 2.75) is 39.2 Å². The van der Waals surface area contributed by atoms with Gasteiger partial charge in [0.1, 0.15) is 5.71 Å². The molecular formula is C19H26N4O4S. The summed E-state index contributed by atoms with van der Waals surface area (Å²) in [6, 6.07) is 5.33. The van der Waals surface area contributed by atoms with Gasteiger partial charge in [0.15, 0.2) is 9.84 Å². The lowest BCUT2D eigenvalue weighted by molar-refractivity contribution is -0.141. The number of amides is 2. The summed E-state index contributed by atoms with van der Waals surface area (Å²) in [5.74, 6) is -0.487. The van der Waals surface area contributed by atoms with Crippen molar-refractivity contribution in [3.8, 4) is 0 Å². The molecule has 1 atom stereocenters. The van der Waals surface area contributed by atoms with Gasteiger partial charge in [-0.3, -0.25) is 14.6 Å². The van der Waals surface area contributed by atoms with Gasteiger partial charge in [-0.25, -0.2) is 18.4 Å². The first-order chi connectivity index (χ1) is 13.1. The third-order valence-electron chi connectivity index (χ3n) is 5.07. The zero-order chi connectivity index (χ0) is 20.6. The molecule has 0 N–H and O–H groups in total. The van der Waals surface area contributed by atoms with Crippen LogP contribution in [0.4, 0.5) is 5.69 Å². The van der Waals surface area contributed by atoms with E-state index in [1.807, 2.05) is 32.0 Å². The molecule has 2 aliphatic rings. The van der Waals surface area contributed by atoms with Gasteiger partial charge in [-0.15, -0.1) is 0 Å². The SMILES string of the molecule is Cc1ccc(C)c(N2N=C(C(=O)N([C@H]3CCS(=O)(=O)C3)N(C)C)CCC2=O)c1. The van der Waals surface area contributed by atoms with Crippen LogP contribution in [0.3, 0.4) is 0 Å². The Bertz CT molecular complexity index is 939. The summed E-state index contributed by atoms with van der Waals surface area (Å²) in [6.07, 6.45) is 0.824. The summed E-state index contributed by atoms with van der Waals surface area (Å²) >= 11 is 0. The van der Waals surface area contributed by atoms with Crippen LogP contribution in [0.5, 0.6) is 0 Å². The number of carbonyl (C=O) groups excluding carboxylic acids is 2. The highest BCUT2D eigenvalue weighted by atomic mass is 32.2. The molecule has 2 heterocycles. The Kier molecular flexibility index (Phi) is 5.58. The van der Waals surface area contributed by atoms with E-state index in [0.717, 1.165) is 11.1 Å². The fourth-order valence-electron chi connectivity index (χ4n) is 3.62. The van der Waals surface area contributed by atoms with Crippen molar-refractivity contribution < 1.29 is 18.0 Å². The molecule has 0 saturated carbocycles. The number of rotatable bonds is 4. The van der Waals surface area contributed by atoms with E-state index in [1.165, 1.54) is 10.0 Å². The van der Waals surface area contributed by atoms with Crippen LogP contribution in [0.1, 0.15) is 30.4 Å². The number of hydrogen-bond acceptors (Lipinski definition) is 6. The van der Waals surface area contributed by atoms with Crippen LogP contribution in [-0.4, -0.2) is 67.6 Å². The Balaban J connectivity index is 1.93. The van der Waals surface area contributed by atoms with Gasteiger partial charge in [0.05, 0.1) is 23.2 Å². The van der Waals surface area contributed by atoms with Gasteiger partial charge in [0.25, 0.3) is 5.91 Å². The lowest BCUT2D eigenvalue weighted by atomic mass is 10.1. The standard InChI is InChI=1S/C19H26N4O4S/c1-13-5-6-14(2)17(11-13)22-18(24)8-7-16(20-22)19(25)23(21(3)4)15-9-10-28(26,27)12-15/h5-6,11,15H,7-10,12H2,1-4H3/t15-/m0/s1. The van der Waals surface area contributed by atoms with E-state index < -0.39 is 15.9 Å². The predicted octanol–water partition coefficient (Wildman–Crippen LogP) is 1.28. The van der Waals surface area contributed by atoms with Gasteiger partial charge in [-0.05, 0) is 37.5 Å². The first-order valence-corrected chi connectivity index (χ1v) is 11.1. The lowest BCUT2D eigenvalue weighted by Gasteiger charge is -2.35. The van der Waals surface area contributed by atoms with Crippen LogP contribution in [0.25, 0.3) is 0 Å². The average Bonchev–Trinajstić information content (AvgIpc) is 2.96. The second-order valence-electron chi connectivity index (χ2n) is 7.60. The van der Waals surface area contributed by atoms with E-state index >= 15 is 0 Å². The predicted molar refractivity (Wildman–Crippen MR) is 108 cm³/mol. The molecule has 0 aliphatic carbocycles. The van der Waals surface area contributed by atoms with Gasteiger partial charge in [0.2, 0.25) is 5.91 Å². The molecule has 0 bridgehead atoms. The molecule has 1 aromatic carbocycles. The maximum absolute atomic E-state index is 13.2. The number of hydrazone groups is 1. The number of nitrogens with zero attached hydrogens (tertiary/aromatic N) is 4. The minimum Gasteiger partial charge on any atom is -0.273 e. The van der Waals surface area contributed by atoms with Crippen LogP contribution >= 0.6 is 0 Å². The van der Waals surface area contributed by atoms with Gasteiger partial charge in [0, 0.05) is 26.9 Å². The third-order valence-corrected chi connectivity index (χ3v) is 6.82. The van der Waals surface area contributed by atoms with Crippen molar-refractivity contribution in [1.29, 1.82) is 0 Å². The van der Waals surface area contributed by atoms with Crippen LogP contribution in [0.15, 0.2) is 23.3 Å². The van der Waals surface area contributed by atoms with Gasteiger partial charge in [-0.2, -0.15) is 5.10 Å². The number of hydrazine groups is 1. The first kappa shape index (κ1) is 20.5. The molecule has 2 amide bonds. The van der Waals surface area contributed by atoms with Crippen molar-refractivity contribution in [1.82, 2.24) is 10.0 Å². The molecular weight excluding hydrogens is 380 g/mol. The minimum absolute atomic E-state index is 0.0518. The van der Waals surface area contributed by atoms with Gasteiger partial charge in [-0.1, -0.05) is 12.1 Å². The number of benzene rings is 1. The molecule has 1 fully saturated rings. The second kappa shape index (κ2) is 7.63. The van der Waals surface area contributed by atoms with Crippen LogP contribution in [0.2, 0.25) is 0 Å². The number of carbonyl (C=O) groups is 2. The highest BCUT2D eigenvalue weighted by Crippen LogP contribution is 2.26. The molecule has 152 valence electrons. The van der Waals surface area contributed by atoms with Gasteiger partial charge >= 0.3 is 0 Å². The smallest absolute Gasteiger partial charge is 0.273 e. The van der Waals surface area contributed by atoms with Crippen LogP contribution < -0.4 is 5.01 Å². The number of sulfone groups is 1. The van der Waals surface area contributed by atoms with E-state index in [9.17, 15) is 18.0 Å². The minimum atomic E-state index is -3.14. The van der Waals surface area contributed by atoms with E-state index in [1.54, 1.807) is 19.1 Å². The quantitative estimate of drug-likeness (QED) is 0.703. The lowest BCUT2D eigenvalue weighted by Crippen LogP contribution is -2.53. The first-order valence-electron chi connectivity index (χ1n) is 9.28. The molecule has 0 aromatic heterocycles. The molecule has 3 rings (SSSR count). The topological polar surface area (TPSA) is 90.4 Å². The van der Waals surface area contributed by atoms with Crippen molar-refractivity contribution in [2.24, 2.45) is 5.10 Å². The summed E-state index contributed by atoms with van der Waals surface area (Å²) in [5.41, 5.74) is 2.81. The molecule has 0 unspecified atom stereocenters. The van der Waals surface area contributed by atoms with Crippen LogP contribution in [-0.2, 0) is 19.4 Å². The van der Waals surface area contributed by atoms with Crippen LogP contribution in [0, 0.1) is 13.8 Å². The zero-order valence-corrected chi connectivity index (χ0v) is 17.5. The van der Waals surface area contributed by atoms with E-state index in [4.69, 9.17) is 0 Å². The molecule has 9 heteroatoms. The summed E-state index contributed by atoms with van der Waals surface area (Å²) in [7, 11) is 0.280. The Morgan fingerprint density at radius 3 is 2.54 bits per heavy atom. The Labute approximate surface area is 165 Å². The molecule has 2 aliphatic heterocycles. The van der Waals surface area contributed by atoms with Gasteiger partial charge < -0.3 is 0 Å². The number of hydrogen-bond donors (Lipinski definition) is 0. The summed E-state index contributed by atoms with van der Waals surface area (Å²) in [4.78, 5) is 25.7. The maximum atomic E-state index is 13.2. The Morgan fingerprint density at radius 1 is 1.21 bits per heavy atom. The van der Waals surface area contributed by atoms with Crippen molar-refractivity contribution in [3.63, 3.8) is 0 Å². The summed E-state index contributed by atoms with van der Waals surface area (Å²) < 4.78 is 23.8. The third kappa shape index (κ3) is 4.10. The van der Waals surface area contributed by atoms with E-state index in [-0.39, 0.29) is 41.9 Å². The van der Waals surface area contributed by atoms with E-state index in [0.29, 0.717) is 12.1 Å². The molecule has 1 saturated heterocycles. The molecule has 8 nitrogen and oxygen atoms in total. The average molecular weight is 407 g/mol. The summed E-state index contributed by atoms with van der Waals surface area (Å²) in [6.45, 7) is 3.82. The van der Waals surface area contributed by atoms with E-state index in [2.05, 4.69) is 5.10 Å². The number of aryl methyl sites for hydroxylation is 2. The van der Waals surface area contributed by atoms with Crippen molar-refractivity contribution in [3.05, 3.63) is 29.3 Å². The fraction of sp³-hybridized carbons (Fsp3) is 0.526. The highest BCUT2D eigenvalue weighted by molar-refractivity contribution is 7.91. The van der Waals surface area contributed by atoms with Crippen molar-refractivity contribution in [2.75, 3.05) is 30.6 Å². The normalized spacial score (nSPS) is 21.8. The van der Waals surface area contributed by atoms with Crippen molar-refractivity contribution >= 4 is 33.1 Å². The number of anilines is 1. The molecule has 0 spiro atoms. The molecule has 1 aromatic rings. The molecule has 28 heavy (non-hydrogen) atoms. The largest absolute Gasteiger partial charge is 0.284 e. The Morgan fingerprint density at radius 2 is 1.93 bits per heavy atom. The highest BCUT2D eigenvalue weighted by Gasteiger charge is 2.38. The maximum Gasteiger partial charge on any atom is 0.284 e. The fourth-order valence-corrected chi connectivity index (χ4v) is 5.31.